The number of aromatic amines is 1. The molecule has 36 heavy (non-hydrogen) atoms. The lowest BCUT2D eigenvalue weighted by atomic mass is 9.89. The van der Waals surface area contributed by atoms with E-state index < -0.39 is 0 Å². The summed E-state index contributed by atoms with van der Waals surface area (Å²) in [6.07, 6.45) is 1.97. The number of fused-ring (bicyclic) bond motifs is 2. The van der Waals surface area contributed by atoms with Crippen molar-refractivity contribution in [3.63, 3.8) is 0 Å². The van der Waals surface area contributed by atoms with E-state index in [1.807, 2.05) is 66.9 Å². The fourth-order valence-electron chi connectivity index (χ4n) is 4.84. The van der Waals surface area contributed by atoms with Crippen molar-refractivity contribution in [2.45, 2.75) is 5.92 Å². The first-order valence-corrected chi connectivity index (χ1v) is 11.7. The number of methoxy groups -OCH3 is 2. The quantitative estimate of drug-likeness (QED) is 0.356. The van der Waals surface area contributed by atoms with Crippen molar-refractivity contribution in [2.75, 3.05) is 20.8 Å². The lowest BCUT2D eigenvalue weighted by Crippen LogP contribution is -2.31. The highest BCUT2D eigenvalue weighted by Crippen LogP contribution is 2.40. The molecule has 0 saturated carbocycles. The van der Waals surface area contributed by atoms with Crippen LogP contribution in [0.4, 0.5) is 0 Å². The third-order valence-corrected chi connectivity index (χ3v) is 6.67. The average Bonchev–Trinajstić information content (AvgIpc) is 3.34. The summed E-state index contributed by atoms with van der Waals surface area (Å²) in [5.41, 5.74) is 3.73. The summed E-state index contributed by atoms with van der Waals surface area (Å²) in [5.74, 6) is 0.677. The van der Waals surface area contributed by atoms with Crippen molar-refractivity contribution in [2.24, 2.45) is 7.05 Å². The second-order valence-electron chi connectivity index (χ2n) is 8.61. The van der Waals surface area contributed by atoms with Gasteiger partial charge in [0.15, 0.2) is 11.5 Å². The number of rotatable bonds is 7. The van der Waals surface area contributed by atoms with Crippen LogP contribution in [0.5, 0.6) is 11.5 Å². The number of nitrogens with one attached hydrogen (secondary N) is 2. The predicted octanol–water partition coefficient (Wildman–Crippen LogP) is 4.60. The van der Waals surface area contributed by atoms with Gasteiger partial charge in [-0.2, -0.15) is 0 Å². The van der Waals surface area contributed by atoms with Gasteiger partial charge in [0.25, 0.3) is 11.5 Å². The summed E-state index contributed by atoms with van der Waals surface area (Å²) >= 11 is 0. The molecule has 0 aliphatic rings. The van der Waals surface area contributed by atoms with Gasteiger partial charge in [-0.25, -0.2) is 0 Å². The Labute approximate surface area is 208 Å². The van der Waals surface area contributed by atoms with E-state index in [-0.39, 0.29) is 23.9 Å². The summed E-state index contributed by atoms with van der Waals surface area (Å²) < 4.78 is 12.8. The lowest BCUT2D eigenvalue weighted by Gasteiger charge is -2.22. The van der Waals surface area contributed by atoms with Gasteiger partial charge in [-0.05, 0) is 23.8 Å². The summed E-state index contributed by atoms with van der Waals surface area (Å²) in [6.45, 7) is 0.285. The molecule has 7 heteroatoms. The van der Waals surface area contributed by atoms with Crippen LogP contribution >= 0.6 is 0 Å². The molecule has 1 amide bonds. The molecule has 5 aromatic rings. The van der Waals surface area contributed by atoms with E-state index in [2.05, 4.69) is 16.4 Å². The maximum atomic E-state index is 13.4. The second-order valence-corrected chi connectivity index (χ2v) is 8.61. The van der Waals surface area contributed by atoms with E-state index in [4.69, 9.17) is 9.47 Å². The maximum Gasteiger partial charge on any atom is 0.252 e. The number of amides is 1. The molecule has 0 saturated heterocycles. The topological polar surface area (TPSA) is 85.4 Å². The van der Waals surface area contributed by atoms with Crippen LogP contribution in [-0.2, 0) is 7.05 Å². The molecule has 182 valence electrons. The van der Waals surface area contributed by atoms with Gasteiger partial charge in [-0.1, -0.05) is 48.5 Å². The van der Waals surface area contributed by atoms with Gasteiger partial charge in [-0.3, -0.25) is 9.59 Å². The molecular formula is C29H27N3O4. The largest absolute Gasteiger partial charge is 0.493 e. The first-order valence-electron chi connectivity index (χ1n) is 11.7. The molecule has 5 rings (SSSR count). The second kappa shape index (κ2) is 9.62. The summed E-state index contributed by atoms with van der Waals surface area (Å²) in [6, 6.07) is 22.6. The Bertz CT molecular complexity index is 1630. The first kappa shape index (κ1) is 23.2. The van der Waals surface area contributed by atoms with E-state index in [1.54, 1.807) is 25.8 Å². The molecule has 0 fully saturated rings. The van der Waals surface area contributed by atoms with Crippen molar-refractivity contribution >= 4 is 27.7 Å². The molecular weight excluding hydrogens is 454 g/mol. The van der Waals surface area contributed by atoms with Gasteiger partial charge >= 0.3 is 0 Å². The van der Waals surface area contributed by atoms with Gasteiger partial charge in [0.1, 0.15) is 0 Å². The molecule has 0 aliphatic heterocycles. The van der Waals surface area contributed by atoms with E-state index in [0.29, 0.717) is 22.6 Å². The van der Waals surface area contributed by atoms with Crippen molar-refractivity contribution in [1.29, 1.82) is 0 Å². The van der Waals surface area contributed by atoms with Crippen LogP contribution in [-0.4, -0.2) is 36.2 Å². The van der Waals surface area contributed by atoms with Crippen molar-refractivity contribution in [3.8, 4) is 11.5 Å². The number of hydrogen-bond donors (Lipinski definition) is 2. The van der Waals surface area contributed by atoms with Crippen LogP contribution in [0.2, 0.25) is 0 Å². The van der Waals surface area contributed by atoms with Crippen LogP contribution in [0.1, 0.15) is 27.4 Å². The number of pyridine rings is 1. The number of para-hydroxylation sites is 3. The molecule has 1 atom stereocenters. The van der Waals surface area contributed by atoms with Crippen molar-refractivity contribution in [3.05, 3.63) is 106 Å². The molecule has 2 N–H and O–H groups in total. The number of H-pyrrole nitrogens is 1. The van der Waals surface area contributed by atoms with Gasteiger partial charge in [0, 0.05) is 53.6 Å². The Morgan fingerprint density at radius 2 is 1.69 bits per heavy atom. The Morgan fingerprint density at radius 3 is 2.47 bits per heavy atom. The van der Waals surface area contributed by atoms with Crippen LogP contribution in [0, 0.1) is 0 Å². The molecule has 2 heterocycles. The highest BCUT2D eigenvalue weighted by molar-refractivity contribution is 6.06. The number of nitrogens with zero attached hydrogens (tertiary/aromatic N) is 1. The fraction of sp³-hybridized carbons (Fsp3) is 0.172. The number of benzene rings is 3. The number of carbonyl (C=O) groups is 1. The minimum absolute atomic E-state index is 0.235. The molecule has 7 nitrogen and oxygen atoms in total. The van der Waals surface area contributed by atoms with E-state index in [0.717, 1.165) is 27.4 Å². The third-order valence-electron chi connectivity index (χ3n) is 6.67. The Morgan fingerprint density at radius 1 is 0.944 bits per heavy atom. The van der Waals surface area contributed by atoms with Crippen molar-refractivity contribution in [1.82, 2.24) is 14.9 Å². The third kappa shape index (κ3) is 3.98. The Hall–Kier alpha value is -4.52. The van der Waals surface area contributed by atoms with Gasteiger partial charge < -0.3 is 24.3 Å². The summed E-state index contributed by atoms with van der Waals surface area (Å²) in [4.78, 5) is 29.3. The number of aromatic nitrogens is 2. The van der Waals surface area contributed by atoms with Crippen LogP contribution in [0.25, 0.3) is 21.8 Å². The number of aryl methyl sites for hydroxylation is 1. The smallest absolute Gasteiger partial charge is 0.252 e. The van der Waals surface area contributed by atoms with E-state index >= 15 is 0 Å². The minimum Gasteiger partial charge on any atom is -0.493 e. The lowest BCUT2D eigenvalue weighted by molar-refractivity contribution is 0.0953. The zero-order valence-electron chi connectivity index (χ0n) is 20.4. The number of carbonyl (C=O) groups excluding carboxylic acids is 1. The fourth-order valence-corrected chi connectivity index (χ4v) is 4.84. The number of ether oxygens (including phenoxy) is 2. The molecule has 0 aliphatic carbocycles. The average molecular weight is 482 g/mol. The molecule has 0 bridgehead atoms. The predicted molar refractivity (Wildman–Crippen MR) is 141 cm³/mol. The van der Waals surface area contributed by atoms with Gasteiger partial charge in [0.2, 0.25) is 0 Å². The Balaban J connectivity index is 1.57. The monoisotopic (exact) mass is 481 g/mol. The first-order chi connectivity index (χ1) is 17.5. The van der Waals surface area contributed by atoms with Crippen molar-refractivity contribution < 1.29 is 14.3 Å². The van der Waals surface area contributed by atoms with E-state index in [1.165, 1.54) is 6.07 Å². The maximum absolute atomic E-state index is 13.4. The minimum atomic E-state index is -0.310. The zero-order valence-corrected chi connectivity index (χ0v) is 20.4. The van der Waals surface area contributed by atoms with E-state index in [9.17, 15) is 9.59 Å². The Kier molecular flexibility index (Phi) is 6.21. The van der Waals surface area contributed by atoms with Gasteiger partial charge in [0.05, 0.1) is 25.3 Å². The highest BCUT2D eigenvalue weighted by Gasteiger charge is 2.25. The van der Waals surface area contributed by atoms with Gasteiger partial charge in [-0.15, -0.1) is 0 Å². The highest BCUT2D eigenvalue weighted by atomic mass is 16.5. The standard InChI is InChI=1S/C29H27N3O4/c1-32-25-13-7-5-10-19(25)21(15-27(32)33)29(34)31-17-23(20-11-8-14-26(35-2)28(20)36-3)22-16-30-24-12-6-4-9-18(22)24/h4-16,23,30H,17H2,1-3H3,(H,31,34). The normalized spacial score (nSPS) is 12.0. The molecule has 0 spiro atoms. The van der Waals surface area contributed by atoms with Crippen LogP contribution in [0.3, 0.4) is 0 Å². The van der Waals surface area contributed by atoms with Crippen LogP contribution < -0.4 is 20.3 Å². The molecule has 1 unspecified atom stereocenters. The SMILES string of the molecule is COc1cccc(C(CNC(=O)c2cc(=O)n(C)c3ccccc23)c2c[nH]c3ccccc23)c1OC. The van der Waals surface area contributed by atoms with Crippen LogP contribution in [0.15, 0.2) is 83.8 Å². The molecule has 2 aromatic heterocycles. The molecule has 0 radical (unpaired) electrons. The molecule has 3 aromatic carbocycles. The summed E-state index contributed by atoms with van der Waals surface area (Å²) in [7, 11) is 4.91. The zero-order chi connectivity index (χ0) is 25.2. The summed E-state index contributed by atoms with van der Waals surface area (Å²) in [5, 5.41) is 4.86. The number of hydrogen-bond acceptors (Lipinski definition) is 4.